The van der Waals surface area contributed by atoms with E-state index in [9.17, 15) is 17.6 Å². The zero-order valence-corrected chi connectivity index (χ0v) is 12.4. The molecule has 1 aromatic rings. The molecule has 7 nitrogen and oxygen atoms in total. The number of halogens is 1. The van der Waals surface area contributed by atoms with E-state index in [4.69, 9.17) is 14.6 Å². The van der Waals surface area contributed by atoms with Crippen LogP contribution < -0.4 is 9.47 Å². The van der Waals surface area contributed by atoms with Crippen LogP contribution in [0.3, 0.4) is 0 Å². The molecule has 0 spiro atoms. The van der Waals surface area contributed by atoms with Gasteiger partial charge in [-0.05, 0) is 26.0 Å². The van der Waals surface area contributed by atoms with Crippen LogP contribution in [-0.2, 0) is 14.8 Å². The Morgan fingerprint density at radius 1 is 1.38 bits per heavy atom. The molecule has 1 aliphatic heterocycles. The molecule has 0 bridgehead atoms. The number of fused-ring (bicyclic) bond motifs is 1. The van der Waals surface area contributed by atoms with Gasteiger partial charge < -0.3 is 14.6 Å². The van der Waals surface area contributed by atoms with Crippen molar-refractivity contribution in [1.29, 1.82) is 0 Å². The normalized spacial score (nSPS) is 14.5. The van der Waals surface area contributed by atoms with Crippen LogP contribution in [0.2, 0.25) is 0 Å². The second-order valence-corrected chi connectivity index (χ2v) is 6.85. The van der Waals surface area contributed by atoms with Crippen LogP contribution in [0.5, 0.6) is 11.5 Å². The van der Waals surface area contributed by atoms with Crippen molar-refractivity contribution in [2.75, 3.05) is 13.8 Å². The Labute approximate surface area is 120 Å². The van der Waals surface area contributed by atoms with Crippen molar-refractivity contribution in [3.05, 3.63) is 17.9 Å². The summed E-state index contributed by atoms with van der Waals surface area (Å²) in [5.41, 5.74) is -1.76. The number of nitrogens with zero attached hydrogens (tertiary/aromatic N) is 1. The third-order valence-electron chi connectivity index (χ3n) is 3.37. The summed E-state index contributed by atoms with van der Waals surface area (Å²) < 4.78 is 49.7. The Morgan fingerprint density at radius 3 is 2.57 bits per heavy atom. The first-order valence-electron chi connectivity index (χ1n) is 5.90. The van der Waals surface area contributed by atoms with Crippen LogP contribution in [0.25, 0.3) is 0 Å². The predicted molar refractivity (Wildman–Crippen MR) is 69.2 cm³/mol. The zero-order valence-electron chi connectivity index (χ0n) is 11.6. The maximum absolute atomic E-state index is 14.0. The highest BCUT2D eigenvalue weighted by atomic mass is 32.2. The maximum Gasteiger partial charge on any atom is 0.324 e. The maximum atomic E-state index is 14.0. The van der Waals surface area contributed by atoms with Crippen LogP contribution in [0.15, 0.2) is 17.0 Å². The largest absolute Gasteiger partial charge is 0.480 e. The molecule has 0 saturated carbocycles. The fraction of sp³-hybridized carbons (Fsp3) is 0.417. The van der Waals surface area contributed by atoms with E-state index in [1.165, 1.54) is 19.9 Å². The smallest absolute Gasteiger partial charge is 0.324 e. The molecule has 0 atom stereocenters. The van der Waals surface area contributed by atoms with Crippen molar-refractivity contribution in [2.45, 2.75) is 24.3 Å². The number of rotatable bonds is 4. The molecule has 0 saturated heterocycles. The topological polar surface area (TPSA) is 93.1 Å². The summed E-state index contributed by atoms with van der Waals surface area (Å²) in [6.07, 6.45) is 0. The van der Waals surface area contributed by atoms with Crippen molar-refractivity contribution in [3.8, 4) is 11.5 Å². The monoisotopic (exact) mass is 319 g/mol. The average molecular weight is 319 g/mol. The fourth-order valence-corrected chi connectivity index (χ4v) is 3.40. The Balaban J connectivity index is 2.61. The van der Waals surface area contributed by atoms with Gasteiger partial charge in [-0.1, -0.05) is 0 Å². The van der Waals surface area contributed by atoms with E-state index in [0.29, 0.717) is 4.31 Å². The third-order valence-corrected chi connectivity index (χ3v) is 5.45. The lowest BCUT2D eigenvalue weighted by Gasteiger charge is -2.30. The SMILES string of the molecule is CN(C(C)(C)C(=O)O)S(=O)(=O)c1c(F)ccc2c1OCO2. The molecule has 0 unspecified atom stereocenters. The fourth-order valence-electron chi connectivity index (χ4n) is 1.74. The molecule has 0 amide bonds. The highest BCUT2D eigenvalue weighted by Crippen LogP contribution is 2.41. The van der Waals surface area contributed by atoms with Crippen molar-refractivity contribution < 1.29 is 32.2 Å². The highest BCUT2D eigenvalue weighted by Gasteiger charge is 2.43. The van der Waals surface area contributed by atoms with Crippen LogP contribution in [0.4, 0.5) is 4.39 Å². The number of benzene rings is 1. The van der Waals surface area contributed by atoms with Crippen molar-refractivity contribution in [1.82, 2.24) is 4.31 Å². The van der Waals surface area contributed by atoms with Crippen LogP contribution in [0, 0.1) is 5.82 Å². The second-order valence-electron chi connectivity index (χ2n) is 4.95. The highest BCUT2D eigenvalue weighted by molar-refractivity contribution is 7.89. The molecule has 1 aromatic carbocycles. The Hall–Kier alpha value is -1.87. The van der Waals surface area contributed by atoms with Gasteiger partial charge in [0.2, 0.25) is 6.79 Å². The van der Waals surface area contributed by atoms with Gasteiger partial charge in [-0.25, -0.2) is 12.8 Å². The van der Waals surface area contributed by atoms with Crippen LogP contribution in [-0.4, -0.2) is 43.2 Å². The quantitative estimate of drug-likeness (QED) is 0.891. The van der Waals surface area contributed by atoms with Crippen molar-refractivity contribution in [2.24, 2.45) is 0 Å². The standard InChI is InChI=1S/C12H14FNO6S/c1-12(2,11(15)16)14(3)21(17,18)10-7(13)4-5-8-9(10)20-6-19-8/h4-5H,6H2,1-3H3,(H,15,16). The first kappa shape index (κ1) is 15.5. The molecular weight excluding hydrogens is 305 g/mol. The molecule has 0 aromatic heterocycles. The Kier molecular flexibility index (Phi) is 3.58. The van der Waals surface area contributed by atoms with Crippen LogP contribution in [0.1, 0.15) is 13.8 Å². The summed E-state index contributed by atoms with van der Waals surface area (Å²) in [6, 6.07) is 2.18. The van der Waals surface area contributed by atoms with Crippen molar-refractivity contribution in [3.63, 3.8) is 0 Å². The number of hydrogen-bond donors (Lipinski definition) is 1. The first-order chi connectivity index (χ1) is 9.60. The number of carboxylic acid groups (broad SMARTS) is 1. The van der Waals surface area contributed by atoms with E-state index in [-0.39, 0.29) is 18.3 Å². The van der Waals surface area contributed by atoms with E-state index in [1.54, 1.807) is 0 Å². The third kappa shape index (κ3) is 2.32. The lowest BCUT2D eigenvalue weighted by Crippen LogP contribution is -2.50. The van der Waals surface area contributed by atoms with Gasteiger partial charge in [0.15, 0.2) is 16.4 Å². The summed E-state index contributed by atoms with van der Waals surface area (Å²) in [4.78, 5) is 10.5. The van der Waals surface area contributed by atoms with Gasteiger partial charge >= 0.3 is 5.97 Å². The molecule has 116 valence electrons. The predicted octanol–water partition coefficient (Wildman–Crippen LogP) is 1.04. The number of hydrogen-bond acceptors (Lipinski definition) is 5. The molecule has 9 heteroatoms. The van der Waals surface area contributed by atoms with Gasteiger partial charge in [0, 0.05) is 7.05 Å². The zero-order chi connectivity index (χ0) is 16.0. The lowest BCUT2D eigenvalue weighted by atomic mass is 10.1. The minimum absolute atomic E-state index is 0.0940. The number of aliphatic carboxylic acids is 1. The van der Waals surface area contributed by atoms with Gasteiger partial charge in [0.1, 0.15) is 11.4 Å². The summed E-state index contributed by atoms with van der Waals surface area (Å²) in [6.45, 7) is 2.17. The minimum Gasteiger partial charge on any atom is -0.480 e. The number of ether oxygens (including phenoxy) is 2. The average Bonchev–Trinajstić information content (AvgIpc) is 2.84. The molecule has 0 aliphatic carbocycles. The molecule has 0 fully saturated rings. The second kappa shape index (κ2) is 4.85. The number of likely N-dealkylation sites (N-methyl/N-ethyl adjacent to an activating group) is 1. The summed E-state index contributed by atoms with van der Waals surface area (Å²) >= 11 is 0. The molecule has 1 aliphatic rings. The Bertz CT molecular complexity index is 700. The van der Waals surface area contributed by atoms with Crippen molar-refractivity contribution >= 4 is 16.0 Å². The van der Waals surface area contributed by atoms with E-state index in [1.807, 2.05) is 0 Å². The molecular formula is C12H14FNO6S. The molecule has 0 radical (unpaired) electrons. The van der Waals surface area contributed by atoms with Crippen LogP contribution >= 0.6 is 0 Å². The first-order valence-corrected chi connectivity index (χ1v) is 7.34. The Morgan fingerprint density at radius 2 is 2.00 bits per heavy atom. The summed E-state index contributed by atoms with van der Waals surface area (Å²) in [5.74, 6) is -2.55. The molecule has 1 N–H and O–H groups in total. The van der Waals surface area contributed by atoms with Gasteiger partial charge in [0.25, 0.3) is 10.0 Å². The van der Waals surface area contributed by atoms with Gasteiger partial charge in [0.05, 0.1) is 0 Å². The number of sulfonamides is 1. The minimum atomic E-state index is -4.43. The summed E-state index contributed by atoms with van der Waals surface area (Å²) in [5, 5.41) is 9.13. The molecule has 2 rings (SSSR count). The van der Waals surface area contributed by atoms with Gasteiger partial charge in [-0.3, -0.25) is 4.79 Å². The van der Waals surface area contributed by atoms with Gasteiger partial charge in [-0.15, -0.1) is 0 Å². The summed E-state index contributed by atoms with van der Waals surface area (Å²) in [7, 11) is -3.36. The molecule has 1 heterocycles. The van der Waals surface area contributed by atoms with Gasteiger partial charge in [-0.2, -0.15) is 4.31 Å². The van der Waals surface area contributed by atoms with E-state index >= 15 is 0 Å². The number of carboxylic acids is 1. The lowest BCUT2D eigenvalue weighted by molar-refractivity contribution is -0.145. The van der Waals surface area contributed by atoms with E-state index in [2.05, 4.69) is 0 Å². The number of carbonyl (C=O) groups is 1. The van der Waals surface area contributed by atoms with E-state index in [0.717, 1.165) is 13.1 Å². The molecule has 21 heavy (non-hydrogen) atoms. The van der Waals surface area contributed by atoms with E-state index < -0.39 is 32.2 Å².